The Morgan fingerprint density at radius 2 is 1.14 bits per heavy atom. The minimum atomic E-state index is -1.04. The summed E-state index contributed by atoms with van der Waals surface area (Å²) in [4.78, 5) is 55.2. The Bertz CT molecular complexity index is 2830. The molecule has 8 aliphatic rings. The zero-order valence-corrected chi connectivity index (χ0v) is 35.6. The van der Waals surface area contributed by atoms with E-state index < -0.39 is 6.10 Å². The van der Waals surface area contributed by atoms with Crippen molar-refractivity contribution in [1.82, 2.24) is 0 Å². The lowest BCUT2D eigenvalue weighted by molar-refractivity contribution is -0.123. The second-order valence-electron chi connectivity index (χ2n) is 19.1. The quantitative estimate of drug-likeness (QED) is 0.192. The summed E-state index contributed by atoms with van der Waals surface area (Å²) in [7, 11) is 0. The summed E-state index contributed by atoms with van der Waals surface area (Å²) in [5.41, 5.74) is 5.85. The van der Waals surface area contributed by atoms with Gasteiger partial charge >= 0.3 is 0 Å². The standard InChI is InChI=1S/C50H46N2O4S3/c53-41-29-19-25-11-3-4-12-26(25)20-30(29)42(54)39(41)51-35-23-33-37(49(35)15-7-1-8-16-49)45-47(57-33)48-46(59-45)38-34(58-48)24-36(50(38)17-9-2-10-18-50)52-40-43(55)31-21-27-13-5-6-14-28(27)22-32(31)44(40)56/h3-4,11-12,19-20,23-24,27-28,31-32,41,53H,1-2,5-10,13-18,21-22H2. The van der Waals surface area contributed by atoms with Crippen LogP contribution in [0.15, 0.2) is 57.8 Å². The maximum atomic E-state index is 14.1. The zero-order valence-electron chi connectivity index (χ0n) is 33.1. The van der Waals surface area contributed by atoms with Gasteiger partial charge in [-0.05, 0) is 91.0 Å². The van der Waals surface area contributed by atoms with Crippen LogP contribution < -0.4 is 0 Å². The average Bonchev–Trinajstić information content (AvgIpc) is 4.09. The SMILES string of the molecule is O=C1C(=NC2=Cc3sc4c(sc5c6c(sc54)C=C(N=C4C(=O)C5CC7CCCCC7CC5C4=O)C64CCCCC4)c3C23CCCCC3)C(O)c2cc3ccccc3cc21. The number of fused-ring (bicyclic) bond motifs is 13. The van der Waals surface area contributed by atoms with E-state index in [0.29, 0.717) is 23.0 Å². The van der Waals surface area contributed by atoms with Crippen LogP contribution in [-0.4, -0.2) is 33.9 Å². The van der Waals surface area contributed by atoms with Crippen LogP contribution in [0.4, 0.5) is 0 Å². The molecule has 5 saturated carbocycles. The van der Waals surface area contributed by atoms with Gasteiger partial charge in [0.2, 0.25) is 5.78 Å². The van der Waals surface area contributed by atoms with Crippen LogP contribution in [-0.2, 0) is 20.4 Å². The number of aliphatic hydroxyl groups excluding tert-OH is 1. The summed E-state index contributed by atoms with van der Waals surface area (Å²) in [6.45, 7) is 0. The van der Waals surface area contributed by atoms with Crippen molar-refractivity contribution in [3.63, 3.8) is 0 Å². The number of carbonyl (C=O) groups is 3. The van der Waals surface area contributed by atoms with Crippen molar-refractivity contribution in [2.24, 2.45) is 33.7 Å². The monoisotopic (exact) mass is 834 g/mol. The molecule has 6 nitrogen and oxygen atoms in total. The number of benzene rings is 2. The molecular weight excluding hydrogens is 789 g/mol. The second-order valence-corrected chi connectivity index (χ2v) is 22.3. The van der Waals surface area contributed by atoms with Gasteiger partial charge in [-0.25, -0.2) is 9.98 Å². The topological polar surface area (TPSA) is 96.2 Å². The third-order valence-corrected chi connectivity index (χ3v) is 20.2. The van der Waals surface area contributed by atoms with Gasteiger partial charge in [0.15, 0.2) is 11.6 Å². The number of rotatable bonds is 2. The molecule has 0 saturated heterocycles. The van der Waals surface area contributed by atoms with Crippen molar-refractivity contribution in [3.8, 4) is 0 Å². The number of thiophene rings is 3. The summed E-state index contributed by atoms with van der Waals surface area (Å²) in [6, 6.07) is 11.9. The van der Waals surface area contributed by atoms with Gasteiger partial charge in [-0.3, -0.25) is 14.4 Å². The Morgan fingerprint density at radius 3 is 1.69 bits per heavy atom. The van der Waals surface area contributed by atoms with Crippen molar-refractivity contribution in [2.75, 3.05) is 0 Å². The Morgan fingerprint density at radius 1 is 0.610 bits per heavy atom. The van der Waals surface area contributed by atoms with E-state index >= 15 is 0 Å². The highest BCUT2D eigenvalue weighted by molar-refractivity contribution is 7.39. The molecule has 5 fully saturated rings. The summed E-state index contributed by atoms with van der Waals surface area (Å²) in [6.07, 6.45) is 20.9. The van der Waals surface area contributed by atoms with Crippen molar-refractivity contribution < 1.29 is 19.5 Å². The van der Waals surface area contributed by atoms with E-state index in [1.165, 1.54) is 78.2 Å². The summed E-state index contributed by atoms with van der Waals surface area (Å²) >= 11 is 5.69. The molecule has 13 rings (SSSR count). The number of aliphatic imine (C=N–C) groups is 2. The van der Waals surface area contributed by atoms with Gasteiger partial charge in [0.05, 0.1) is 30.2 Å². The lowest BCUT2D eigenvalue weighted by Gasteiger charge is -2.39. The number of carbonyl (C=O) groups excluding carboxylic acids is 3. The molecule has 0 radical (unpaired) electrons. The van der Waals surface area contributed by atoms with Gasteiger partial charge in [-0.1, -0.05) is 88.5 Å². The number of ketones is 3. The van der Waals surface area contributed by atoms with Crippen molar-refractivity contribution in [2.45, 2.75) is 120 Å². The van der Waals surface area contributed by atoms with Crippen LogP contribution in [0.3, 0.4) is 0 Å². The molecule has 5 unspecified atom stereocenters. The van der Waals surface area contributed by atoms with E-state index in [1.807, 2.05) is 70.4 Å². The number of allylic oxidation sites excluding steroid dienone is 2. The van der Waals surface area contributed by atoms with E-state index in [-0.39, 0.29) is 51.4 Å². The third kappa shape index (κ3) is 4.85. The number of aliphatic hydroxyl groups is 1. The first-order chi connectivity index (χ1) is 28.8. The smallest absolute Gasteiger partial charge is 0.210 e. The molecular formula is C50H46N2O4S3. The van der Waals surface area contributed by atoms with Crippen LogP contribution in [0.25, 0.3) is 41.7 Å². The second kappa shape index (κ2) is 12.8. The van der Waals surface area contributed by atoms with E-state index in [4.69, 9.17) is 9.98 Å². The summed E-state index contributed by atoms with van der Waals surface area (Å²) in [5.74, 6) is 0.727. The van der Waals surface area contributed by atoms with Crippen molar-refractivity contribution in [3.05, 3.63) is 79.8 Å². The summed E-state index contributed by atoms with van der Waals surface area (Å²) < 4.78 is 5.43. The molecule has 3 heterocycles. The van der Waals surface area contributed by atoms with Crippen LogP contribution in [0.1, 0.15) is 146 Å². The summed E-state index contributed by atoms with van der Waals surface area (Å²) in [5, 5.41) is 13.7. The molecule has 0 aliphatic heterocycles. The fourth-order valence-corrected chi connectivity index (χ4v) is 18.2. The molecule has 298 valence electrons. The van der Waals surface area contributed by atoms with E-state index in [9.17, 15) is 19.5 Å². The van der Waals surface area contributed by atoms with Crippen LogP contribution in [0.5, 0.6) is 0 Å². The average molecular weight is 835 g/mol. The van der Waals surface area contributed by atoms with Crippen LogP contribution in [0, 0.1) is 23.7 Å². The van der Waals surface area contributed by atoms with Crippen LogP contribution in [0.2, 0.25) is 0 Å². The van der Waals surface area contributed by atoms with Gasteiger partial charge in [0, 0.05) is 49.1 Å². The Kier molecular flexibility index (Phi) is 7.79. The number of hydrogen-bond acceptors (Lipinski definition) is 9. The molecule has 3 aromatic heterocycles. The Balaban J connectivity index is 0.898. The highest BCUT2D eigenvalue weighted by atomic mass is 32.1. The third-order valence-electron chi connectivity index (χ3n) is 16.3. The minimum absolute atomic E-state index is 0.0253. The maximum Gasteiger partial charge on any atom is 0.210 e. The fourth-order valence-electron chi connectivity index (χ4n) is 13.5. The van der Waals surface area contributed by atoms with E-state index in [0.717, 1.165) is 86.4 Å². The molecule has 2 aromatic carbocycles. The molecule has 1 N–H and O–H groups in total. The zero-order chi connectivity index (χ0) is 39.4. The highest BCUT2D eigenvalue weighted by Crippen LogP contribution is 2.64. The number of hydrogen-bond donors (Lipinski definition) is 1. The minimum Gasteiger partial charge on any atom is -0.382 e. The molecule has 0 amide bonds. The molecule has 9 heteroatoms. The first kappa shape index (κ1) is 35.8. The first-order valence-corrected chi connectivity index (χ1v) is 24.8. The number of nitrogens with zero attached hydrogens (tertiary/aromatic N) is 2. The van der Waals surface area contributed by atoms with Crippen molar-refractivity contribution in [1.29, 1.82) is 0 Å². The molecule has 59 heavy (non-hydrogen) atoms. The van der Waals surface area contributed by atoms with Crippen molar-refractivity contribution >= 4 is 105 Å². The first-order valence-electron chi connectivity index (χ1n) is 22.3. The molecule has 5 aromatic rings. The molecule has 5 atom stereocenters. The van der Waals surface area contributed by atoms with E-state index in [1.54, 1.807) is 0 Å². The highest BCUT2D eigenvalue weighted by Gasteiger charge is 2.54. The van der Waals surface area contributed by atoms with Gasteiger partial charge < -0.3 is 5.11 Å². The van der Waals surface area contributed by atoms with Gasteiger partial charge in [0.1, 0.15) is 17.5 Å². The molecule has 0 bridgehead atoms. The Labute approximate surface area is 355 Å². The maximum absolute atomic E-state index is 14.1. The number of Topliss-reactive ketones (excluding diaryl/α,β-unsaturated/α-hetero) is 3. The van der Waals surface area contributed by atoms with Gasteiger partial charge in [0.25, 0.3) is 0 Å². The largest absolute Gasteiger partial charge is 0.382 e. The predicted molar refractivity (Wildman–Crippen MR) is 240 cm³/mol. The predicted octanol–water partition coefficient (Wildman–Crippen LogP) is 12.2. The van der Waals surface area contributed by atoms with Gasteiger partial charge in [-0.2, -0.15) is 0 Å². The fraction of sp³-hybridized carbons (Fsp3) is 0.460. The normalized spacial score (nSPS) is 29.8. The van der Waals surface area contributed by atoms with Crippen LogP contribution >= 0.6 is 34.0 Å². The molecule has 2 spiro atoms. The van der Waals surface area contributed by atoms with E-state index in [2.05, 4.69) is 12.2 Å². The molecule has 8 aliphatic carbocycles. The lowest BCUT2D eigenvalue weighted by Crippen LogP contribution is -2.35. The Hall–Kier alpha value is -3.89. The van der Waals surface area contributed by atoms with Gasteiger partial charge in [-0.15, -0.1) is 34.0 Å². The lowest BCUT2D eigenvalue weighted by atomic mass is 9.64.